The first-order valence-electron chi connectivity index (χ1n) is 29.4. The van der Waals surface area contributed by atoms with Crippen molar-refractivity contribution in [3.8, 4) is 11.3 Å². The average molecular weight is 1210 g/mol. The molecule has 3 aromatic carbocycles. The Labute approximate surface area is 501 Å². The number of hydrogen-bond donors (Lipinski definition) is 7. The van der Waals surface area contributed by atoms with Crippen LogP contribution in [0, 0.1) is 29.4 Å². The molecule has 0 saturated carbocycles. The molecule has 10 amide bonds. The number of aromatic nitrogens is 2. The number of halogens is 3. The first-order chi connectivity index (χ1) is 41.7. The van der Waals surface area contributed by atoms with E-state index in [2.05, 4.69) is 21.3 Å². The lowest BCUT2D eigenvalue weighted by atomic mass is 9.89. The zero-order valence-corrected chi connectivity index (χ0v) is 48.7. The SMILES string of the molecule is CC(C)C(NC(=O)CCCCCN1C(=O)C=CC1=O)C(=O)N[C@@H](CCCNC(N)=O)C(=O)Nc1ccc(COC(=O)N2C[C@@H](CN(C(=O)N3C[C@@H](O)[C@@H](O)C3)[C@@H](c3nc(-c4cc(F)ccc4F)cn3Cc3ccccc3)C3CCOCC3)[C@@H](F)C2)cc1. The number of alkyl halides is 1. The van der Waals surface area contributed by atoms with Crippen LogP contribution in [0.2, 0.25) is 0 Å². The van der Waals surface area contributed by atoms with Gasteiger partial charge in [-0.3, -0.25) is 28.9 Å². The number of nitrogens with two attached hydrogens (primary N) is 1. The van der Waals surface area contributed by atoms with Crippen molar-refractivity contribution in [1.82, 2.24) is 45.1 Å². The monoisotopic (exact) mass is 1210 g/mol. The highest BCUT2D eigenvalue weighted by atomic mass is 19.1. The van der Waals surface area contributed by atoms with Gasteiger partial charge in [-0.25, -0.2) is 32.5 Å². The Kier molecular flexibility index (Phi) is 22.5. The Morgan fingerprint density at radius 2 is 1.53 bits per heavy atom. The third-order valence-corrected chi connectivity index (χ3v) is 16.0. The van der Waals surface area contributed by atoms with Gasteiger partial charge in [0, 0.05) is 87.9 Å². The predicted molar refractivity (Wildman–Crippen MR) is 310 cm³/mol. The van der Waals surface area contributed by atoms with Crippen molar-refractivity contribution in [3.05, 3.63) is 120 Å². The van der Waals surface area contributed by atoms with Crippen LogP contribution in [0.15, 0.2) is 91.1 Å². The number of imidazole rings is 1. The van der Waals surface area contributed by atoms with Crippen molar-refractivity contribution in [2.75, 3.05) is 64.3 Å². The third-order valence-electron chi connectivity index (χ3n) is 16.0. The highest BCUT2D eigenvalue weighted by Crippen LogP contribution is 2.40. The predicted octanol–water partition coefficient (Wildman–Crippen LogP) is 4.91. The maximum atomic E-state index is 16.6. The molecule has 8 N–H and O–H groups in total. The van der Waals surface area contributed by atoms with Crippen LogP contribution >= 0.6 is 0 Å². The Balaban J connectivity index is 0.917. The Morgan fingerprint density at radius 3 is 2.21 bits per heavy atom. The van der Waals surface area contributed by atoms with Gasteiger partial charge in [0.1, 0.15) is 42.3 Å². The zero-order chi connectivity index (χ0) is 62.3. The minimum atomic E-state index is -1.65. The first-order valence-corrected chi connectivity index (χ1v) is 29.4. The number of carbonyl (C=O) groups is 8. The van der Waals surface area contributed by atoms with Crippen LogP contribution in [-0.2, 0) is 46.6 Å². The lowest BCUT2D eigenvalue weighted by molar-refractivity contribution is -0.137. The minimum Gasteiger partial charge on any atom is -0.445 e. The van der Waals surface area contributed by atoms with Gasteiger partial charge in [-0.1, -0.05) is 62.7 Å². The molecule has 4 aliphatic heterocycles. The van der Waals surface area contributed by atoms with Gasteiger partial charge >= 0.3 is 18.2 Å². The van der Waals surface area contributed by atoms with Crippen LogP contribution in [0.25, 0.3) is 11.3 Å². The Hall–Kier alpha value is -8.36. The Morgan fingerprint density at radius 1 is 0.828 bits per heavy atom. The fourth-order valence-corrected chi connectivity index (χ4v) is 11.2. The van der Waals surface area contributed by atoms with Gasteiger partial charge in [-0.05, 0) is 91.8 Å². The molecule has 4 aromatic rings. The van der Waals surface area contributed by atoms with Crippen LogP contribution in [-0.4, -0.2) is 177 Å². The number of aliphatic hydroxyl groups excluding tert-OH is 2. The lowest BCUT2D eigenvalue weighted by Crippen LogP contribution is -2.54. The van der Waals surface area contributed by atoms with Gasteiger partial charge in [0.05, 0.1) is 43.6 Å². The van der Waals surface area contributed by atoms with Gasteiger partial charge in [-0.15, -0.1) is 0 Å². The number of β-amino-alcohol motifs (C(OH)–C–C–N with tert-alkyl or cyclic N) is 2. The van der Waals surface area contributed by atoms with Gasteiger partial charge in [0.2, 0.25) is 17.7 Å². The molecule has 468 valence electrons. The number of aliphatic hydroxyl groups is 2. The van der Waals surface area contributed by atoms with E-state index in [9.17, 15) is 48.2 Å². The summed E-state index contributed by atoms with van der Waals surface area (Å²) in [6.07, 6.45) is 1.75. The van der Waals surface area contributed by atoms with E-state index in [1.54, 1.807) is 48.9 Å². The van der Waals surface area contributed by atoms with E-state index >= 15 is 13.6 Å². The minimum absolute atomic E-state index is 0.0676. The summed E-state index contributed by atoms with van der Waals surface area (Å²) in [5.74, 6) is -5.21. The first kappa shape index (κ1) is 64.6. The molecule has 26 heteroatoms. The van der Waals surface area contributed by atoms with Crippen LogP contribution in [0.3, 0.4) is 0 Å². The second-order valence-corrected chi connectivity index (χ2v) is 22.8. The summed E-state index contributed by atoms with van der Waals surface area (Å²) in [5.41, 5.74) is 6.86. The highest BCUT2D eigenvalue weighted by Gasteiger charge is 2.46. The number of anilines is 1. The second kappa shape index (κ2) is 30.3. The van der Waals surface area contributed by atoms with E-state index in [4.69, 9.17) is 20.2 Å². The molecule has 0 bridgehead atoms. The van der Waals surface area contributed by atoms with E-state index in [1.165, 1.54) is 26.9 Å². The van der Waals surface area contributed by atoms with Crippen molar-refractivity contribution in [2.45, 2.75) is 115 Å². The molecule has 23 nitrogen and oxygen atoms in total. The van der Waals surface area contributed by atoms with Gasteiger partial charge in [0.25, 0.3) is 11.8 Å². The summed E-state index contributed by atoms with van der Waals surface area (Å²) in [4.78, 5) is 114. The number of primary amides is 1. The van der Waals surface area contributed by atoms with E-state index < -0.39 is 89.9 Å². The molecule has 8 rings (SSSR count). The fraction of sp³-hybridized carbons (Fsp3) is 0.492. The maximum Gasteiger partial charge on any atom is 0.410 e. The molecule has 1 aromatic heterocycles. The fourth-order valence-electron chi connectivity index (χ4n) is 11.2. The summed E-state index contributed by atoms with van der Waals surface area (Å²) in [7, 11) is 0. The average Bonchev–Trinajstić information content (AvgIpc) is 2.36. The molecule has 0 aliphatic carbocycles. The molecule has 4 aliphatic rings. The number of nitrogens with zero attached hydrogens (tertiary/aromatic N) is 6. The summed E-state index contributed by atoms with van der Waals surface area (Å²) < 4.78 is 60.1. The van der Waals surface area contributed by atoms with Crippen LogP contribution in [0.5, 0.6) is 0 Å². The van der Waals surface area contributed by atoms with Gasteiger partial charge in [-0.2, -0.15) is 0 Å². The summed E-state index contributed by atoms with van der Waals surface area (Å²) >= 11 is 0. The molecule has 0 radical (unpaired) electrons. The summed E-state index contributed by atoms with van der Waals surface area (Å²) in [6.45, 7) is 3.14. The molecule has 3 saturated heterocycles. The molecule has 0 spiro atoms. The quantitative estimate of drug-likeness (QED) is 0.0325. The van der Waals surface area contributed by atoms with Crippen LogP contribution in [0.4, 0.5) is 33.2 Å². The number of urea groups is 2. The topological polar surface area (TPSA) is 300 Å². The van der Waals surface area contributed by atoms with E-state index in [0.717, 1.165) is 28.7 Å². The molecular weight excluding hydrogens is 1140 g/mol. The summed E-state index contributed by atoms with van der Waals surface area (Å²) in [6, 6.07) is 14.2. The van der Waals surface area contributed by atoms with Crippen LogP contribution in [0.1, 0.15) is 88.2 Å². The molecule has 3 fully saturated rings. The van der Waals surface area contributed by atoms with E-state index in [-0.39, 0.29) is 113 Å². The number of benzene rings is 3. The molecule has 87 heavy (non-hydrogen) atoms. The summed E-state index contributed by atoms with van der Waals surface area (Å²) in [5, 5.41) is 32.0. The van der Waals surface area contributed by atoms with Crippen molar-refractivity contribution < 1.29 is 71.2 Å². The number of carbonyl (C=O) groups excluding carboxylic acids is 8. The van der Waals surface area contributed by atoms with Gasteiger partial charge in [0.15, 0.2) is 0 Å². The molecule has 7 atom stereocenters. The van der Waals surface area contributed by atoms with Crippen molar-refractivity contribution in [3.63, 3.8) is 0 Å². The number of unbranched alkanes of at least 4 members (excludes halogenated alkanes) is 2. The Bertz CT molecular complexity index is 3080. The normalized spacial score (nSPS) is 19.7. The van der Waals surface area contributed by atoms with Crippen molar-refractivity contribution >= 4 is 53.4 Å². The van der Waals surface area contributed by atoms with Crippen LogP contribution < -0.4 is 27.0 Å². The molecule has 5 heterocycles. The number of amides is 10. The van der Waals surface area contributed by atoms with E-state index in [0.29, 0.717) is 62.4 Å². The smallest absolute Gasteiger partial charge is 0.410 e. The van der Waals surface area contributed by atoms with Gasteiger partial charge < -0.3 is 66.0 Å². The van der Waals surface area contributed by atoms with E-state index in [1.807, 2.05) is 30.3 Å². The highest BCUT2D eigenvalue weighted by molar-refractivity contribution is 6.12. The van der Waals surface area contributed by atoms with Crippen molar-refractivity contribution in [1.29, 1.82) is 0 Å². The maximum absolute atomic E-state index is 16.6. The number of ether oxygens (including phenoxy) is 2. The second-order valence-electron chi connectivity index (χ2n) is 22.8. The largest absolute Gasteiger partial charge is 0.445 e. The number of likely N-dealkylation sites (tertiary alicyclic amines) is 2. The lowest BCUT2D eigenvalue weighted by Gasteiger charge is -2.41. The molecular formula is C61H76F3N11O12. The number of rotatable bonds is 26. The zero-order valence-electron chi connectivity index (χ0n) is 48.7. The number of hydrogen-bond acceptors (Lipinski definition) is 13. The standard InChI is InChI=1S/C61H76F3N11O12/c1-37(2)54(70-51(78)13-7-4-8-25-74-52(79)20-21-53(74)80)58(82)69-47(12-9-24-66-59(65)83)57(81)67-43-17-14-39(15-18-43)36-87-61(85)73-30-41(46(64)32-73)31-75(60(84)72-34-49(76)50(77)35-72)55(40-22-26-86-27-23-40)56-68-48(44-28-42(62)16-19-45(44)63)33-71(56)29-38-10-5-3-6-11-38/h3,5-6,10-11,14-21,28,33,37,40-41,46-47,49-50,54-55,76-77H,4,7-9,12-13,22-27,29-32,34-36H2,1-2H3,(H,67,81)(H,69,82)(H,70,78)(H3,65,66,83)/t41-,46-,47-,49-,50+,54?,55+/m0/s1. The molecule has 1 unspecified atom stereocenters. The third kappa shape index (κ3) is 17.4. The number of imide groups is 1. The number of nitrogens with one attached hydrogen (secondary N) is 4. The van der Waals surface area contributed by atoms with Crippen molar-refractivity contribution in [2.24, 2.45) is 23.5 Å².